The molecule has 7 aromatic rings. The highest BCUT2D eigenvalue weighted by molar-refractivity contribution is 7.80. The molecular formula is C50H8F20N4P2. The summed E-state index contributed by atoms with van der Waals surface area (Å²) < 4.78 is 301. The zero-order chi connectivity index (χ0) is 55.6. The molecule has 26 heteroatoms. The van der Waals surface area contributed by atoms with Gasteiger partial charge in [0.1, 0.15) is 35.4 Å². The minimum absolute atomic E-state index is 0.146. The lowest BCUT2D eigenvalue weighted by atomic mass is 9.93. The van der Waals surface area contributed by atoms with Crippen LogP contribution < -0.4 is 31.8 Å². The summed E-state index contributed by atoms with van der Waals surface area (Å²) in [6, 6.07) is 12.6. The minimum atomic E-state index is -4.14. The van der Waals surface area contributed by atoms with E-state index in [4.69, 9.17) is 0 Å². The quantitative estimate of drug-likeness (QED) is 0.0545. The first-order valence-electron chi connectivity index (χ1n) is 20.1. The predicted octanol–water partition coefficient (Wildman–Crippen LogP) is 11.6. The van der Waals surface area contributed by atoms with E-state index >= 15 is 35.1 Å². The molecule has 0 fully saturated rings. The van der Waals surface area contributed by atoms with Gasteiger partial charge in [0.2, 0.25) is 23.3 Å². The second-order valence-electron chi connectivity index (χ2n) is 15.7. The van der Waals surface area contributed by atoms with Gasteiger partial charge < -0.3 is 0 Å². The highest BCUT2D eigenvalue weighted by atomic mass is 31.1. The molecule has 0 bridgehead atoms. The van der Waals surface area contributed by atoms with Gasteiger partial charge in [-0.3, -0.25) is 0 Å². The Hall–Kier alpha value is -8.56. The van der Waals surface area contributed by atoms with Crippen LogP contribution in [0.2, 0.25) is 0 Å². The Morgan fingerprint density at radius 2 is 0.447 bits per heavy atom. The summed E-state index contributed by atoms with van der Waals surface area (Å²) in [7, 11) is -8.29. The Morgan fingerprint density at radius 3 is 0.671 bits per heavy atom. The van der Waals surface area contributed by atoms with Crippen molar-refractivity contribution in [2.24, 2.45) is 0 Å². The van der Waals surface area contributed by atoms with Gasteiger partial charge in [-0.2, -0.15) is 21.0 Å². The number of allylic oxidation sites excluding steroid dienone is 2. The highest BCUT2D eigenvalue weighted by Gasteiger charge is 2.43. The lowest BCUT2D eigenvalue weighted by Crippen LogP contribution is -2.33. The molecule has 0 saturated heterocycles. The van der Waals surface area contributed by atoms with Gasteiger partial charge in [0.05, 0.1) is 21.2 Å². The van der Waals surface area contributed by atoms with Crippen molar-refractivity contribution in [1.82, 2.24) is 0 Å². The Labute approximate surface area is 411 Å². The van der Waals surface area contributed by atoms with Crippen LogP contribution in [-0.2, 0) is 0 Å². The number of fused-ring (bicyclic) bond motifs is 6. The zero-order valence-electron chi connectivity index (χ0n) is 35.9. The molecule has 0 saturated carbocycles. The second-order valence-corrected chi connectivity index (χ2v) is 19.9. The van der Waals surface area contributed by atoms with E-state index in [1.165, 1.54) is 24.3 Å². The molecule has 0 aromatic heterocycles. The first-order chi connectivity index (χ1) is 35.9. The number of benzene rings is 7. The molecule has 2 aliphatic rings. The summed E-state index contributed by atoms with van der Waals surface area (Å²) in [5, 5.41) is 30.5. The maximum absolute atomic E-state index is 15.7. The summed E-state index contributed by atoms with van der Waals surface area (Å²) in [5.41, 5.74) is -5.28. The Kier molecular flexibility index (Phi) is 12.9. The third-order valence-corrected chi connectivity index (χ3v) is 16.9. The molecule has 0 radical (unpaired) electrons. The van der Waals surface area contributed by atoms with Crippen LogP contribution in [0.5, 0.6) is 0 Å². The van der Waals surface area contributed by atoms with Crippen molar-refractivity contribution >= 4 is 58.8 Å². The normalized spacial score (nSPS) is 12.1. The van der Waals surface area contributed by atoms with Gasteiger partial charge in [-0.25, -0.2) is 87.8 Å². The largest absolute Gasteiger partial charge is 0.203 e. The monoisotopic (exact) mass is 1110 g/mol. The number of hydrogen-bond acceptors (Lipinski definition) is 4. The van der Waals surface area contributed by atoms with Gasteiger partial charge in [-0.1, -0.05) is 24.3 Å². The molecule has 0 atom stereocenters. The molecule has 378 valence electrons. The molecule has 0 aliphatic heterocycles. The van der Waals surface area contributed by atoms with E-state index in [9.17, 15) is 73.7 Å². The smallest absolute Gasteiger partial charge is 0.200 e. The van der Waals surface area contributed by atoms with Gasteiger partial charge in [0.15, 0.2) is 93.1 Å². The Balaban J connectivity index is 1.33. The molecule has 2 aliphatic carbocycles. The standard InChI is InChI=1S/C50H8F20N4P2/c51-27-31(55)39(63)47(40(64)32(27)56)75(48-41(65)33(57)28(52)34(58)42(48)66)15-1-3-17-19-7-20-18-4-2-16(6-22(18)26(14(11-73)12-74)24(20)8-23(19)25(21(17)5-15)13(9-71)10-72)76(49-43(67)35(59)29(53)36(60)44(49)68)50-45(69)37(61)30(54)38(62)46(50)70/h1-8H. The average molecular weight is 1110 g/mol. The fourth-order valence-electron chi connectivity index (χ4n) is 8.69. The molecule has 0 spiro atoms. The Morgan fingerprint density at radius 1 is 0.250 bits per heavy atom. The SMILES string of the molecule is N#CC(C#N)=C1c2cc(P(c3c(F)c(F)c(F)c(F)c3F)c3c(F)c(F)c(F)c(F)c3F)ccc2-c2cc3c(cc21)C(=C(C#N)C#N)c1cc(P(c2c(F)c(F)c(F)c(F)c2F)c2c(F)c(F)c(F)c(F)c2F)ccc1-3. The molecule has 0 heterocycles. The zero-order valence-corrected chi connectivity index (χ0v) is 37.7. The summed E-state index contributed by atoms with van der Waals surface area (Å²) in [6.07, 6.45) is 0. The van der Waals surface area contributed by atoms with E-state index in [1.54, 1.807) is 0 Å². The number of nitrogens with zero attached hydrogens (tertiary/aromatic N) is 4. The van der Waals surface area contributed by atoms with Crippen molar-refractivity contribution in [2.45, 2.75) is 0 Å². The number of halogens is 20. The van der Waals surface area contributed by atoms with Gasteiger partial charge in [0.25, 0.3) is 0 Å². The molecule has 7 aromatic carbocycles. The Bertz CT molecular complexity index is 3600. The van der Waals surface area contributed by atoms with E-state index in [0.717, 1.165) is 24.3 Å². The van der Waals surface area contributed by atoms with Crippen LogP contribution in [0.25, 0.3) is 33.4 Å². The van der Waals surface area contributed by atoms with Crippen LogP contribution in [0, 0.1) is 162 Å². The van der Waals surface area contributed by atoms with Crippen LogP contribution in [0.3, 0.4) is 0 Å². The van der Waals surface area contributed by atoms with Crippen molar-refractivity contribution < 1.29 is 87.8 Å². The first-order valence-corrected chi connectivity index (χ1v) is 22.8. The number of nitriles is 4. The van der Waals surface area contributed by atoms with Crippen molar-refractivity contribution in [3.8, 4) is 46.5 Å². The van der Waals surface area contributed by atoms with E-state index in [1.807, 2.05) is 0 Å². The van der Waals surface area contributed by atoms with Crippen molar-refractivity contribution in [3.63, 3.8) is 0 Å². The maximum Gasteiger partial charge on any atom is 0.200 e. The topological polar surface area (TPSA) is 95.2 Å². The predicted molar refractivity (Wildman–Crippen MR) is 228 cm³/mol. The van der Waals surface area contributed by atoms with Gasteiger partial charge in [-0.15, -0.1) is 0 Å². The van der Waals surface area contributed by atoms with Crippen molar-refractivity contribution in [1.29, 1.82) is 21.0 Å². The molecule has 0 unspecified atom stereocenters. The van der Waals surface area contributed by atoms with E-state index in [2.05, 4.69) is 0 Å². The van der Waals surface area contributed by atoms with E-state index < -0.39 is 197 Å². The number of rotatable bonds is 6. The van der Waals surface area contributed by atoms with Gasteiger partial charge in [0, 0.05) is 11.1 Å². The minimum Gasteiger partial charge on any atom is -0.203 e. The van der Waals surface area contributed by atoms with Crippen LogP contribution in [-0.4, -0.2) is 0 Å². The van der Waals surface area contributed by atoms with E-state index in [0.29, 0.717) is 24.3 Å². The van der Waals surface area contributed by atoms with Crippen LogP contribution >= 0.6 is 15.8 Å². The second kappa shape index (κ2) is 18.7. The van der Waals surface area contributed by atoms with Gasteiger partial charge in [-0.05, 0) is 95.2 Å². The van der Waals surface area contributed by atoms with Crippen LogP contribution in [0.4, 0.5) is 87.8 Å². The lowest BCUT2D eigenvalue weighted by molar-refractivity contribution is 0.383. The lowest BCUT2D eigenvalue weighted by Gasteiger charge is -2.23. The fraction of sp³-hybridized carbons (Fsp3) is 0. The van der Waals surface area contributed by atoms with Crippen molar-refractivity contribution in [3.05, 3.63) is 198 Å². The van der Waals surface area contributed by atoms with Crippen LogP contribution in [0.15, 0.2) is 59.7 Å². The summed E-state index contributed by atoms with van der Waals surface area (Å²) in [6.45, 7) is 0. The third-order valence-electron chi connectivity index (χ3n) is 11.9. The fourth-order valence-corrected chi connectivity index (χ4v) is 13.5. The highest BCUT2D eigenvalue weighted by Crippen LogP contribution is 2.55. The molecule has 0 N–H and O–H groups in total. The maximum atomic E-state index is 15.7. The third kappa shape index (κ3) is 7.26. The molecular weight excluding hydrogens is 1100 g/mol. The van der Waals surface area contributed by atoms with Crippen LogP contribution in [0.1, 0.15) is 22.3 Å². The molecule has 0 amide bonds. The van der Waals surface area contributed by atoms with E-state index in [-0.39, 0.29) is 33.4 Å². The summed E-state index contributed by atoms with van der Waals surface area (Å²) in [5.74, 6) is -55.2. The molecule has 9 rings (SSSR count). The summed E-state index contributed by atoms with van der Waals surface area (Å²) >= 11 is 0. The molecule has 76 heavy (non-hydrogen) atoms. The number of hydrogen-bond donors (Lipinski definition) is 0. The molecule has 4 nitrogen and oxygen atoms in total. The first kappa shape index (κ1) is 52.3. The average Bonchev–Trinajstić information content (AvgIpc) is 3.92. The van der Waals surface area contributed by atoms with Gasteiger partial charge >= 0.3 is 0 Å². The summed E-state index contributed by atoms with van der Waals surface area (Å²) in [4.78, 5) is 0. The van der Waals surface area contributed by atoms with Crippen molar-refractivity contribution in [2.75, 3.05) is 0 Å².